The summed E-state index contributed by atoms with van der Waals surface area (Å²) in [7, 11) is 0. The molecule has 2 aliphatic heterocycles. The Labute approximate surface area is 136 Å². The molecule has 2 aliphatic rings. The highest BCUT2D eigenvalue weighted by Gasteiger charge is 2.33. The summed E-state index contributed by atoms with van der Waals surface area (Å²) in [5.41, 5.74) is 8.78. The van der Waals surface area contributed by atoms with Gasteiger partial charge in [-0.15, -0.1) is 0 Å². The number of fused-ring (bicyclic) bond motifs is 1. The highest BCUT2D eigenvalue weighted by molar-refractivity contribution is 9.10. The van der Waals surface area contributed by atoms with E-state index in [1.165, 1.54) is 43.6 Å². The number of piperazine rings is 1. The Hall–Kier alpha value is -0.580. The standard InChI is InChI=1S/C17H26BrN3/c1-12-10-20-8-4-3-5-15(20)11-21(12)17-7-6-14(18)9-16(17)13(2)19/h6-7,9,12-13,15H,3-5,8,10-11,19H2,1-2H3. The molecule has 2 fully saturated rings. The van der Waals surface area contributed by atoms with E-state index in [2.05, 4.69) is 57.8 Å². The van der Waals surface area contributed by atoms with Crippen LogP contribution in [0.1, 0.15) is 44.7 Å². The van der Waals surface area contributed by atoms with Gasteiger partial charge in [0.1, 0.15) is 0 Å². The van der Waals surface area contributed by atoms with Crippen LogP contribution in [0.2, 0.25) is 0 Å². The van der Waals surface area contributed by atoms with Crippen LogP contribution in [0.3, 0.4) is 0 Å². The number of anilines is 1. The van der Waals surface area contributed by atoms with Gasteiger partial charge in [0.2, 0.25) is 0 Å². The molecule has 4 heteroatoms. The van der Waals surface area contributed by atoms with E-state index in [1.807, 2.05) is 0 Å². The molecule has 3 rings (SSSR count). The van der Waals surface area contributed by atoms with Crippen molar-refractivity contribution in [2.75, 3.05) is 24.5 Å². The predicted molar refractivity (Wildman–Crippen MR) is 92.8 cm³/mol. The normalized spacial score (nSPS) is 28.3. The molecule has 2 N–H and O–H groups in total. The van der Waals surface area contributed by atoms with Crippen LogP contribution in [0.15, 0.2) is 22.7 Å². The molecule has 116 valence electrons. The summed E-state index contributed by atoms with van der Waals surface area (Å²) in [6.07, 6.45) is 4.09. The van der Waals surface area contributed by atoms with Crippen molar-refractivity contribution in [2.45, 2.75) is 51.2 Å². The van der Waals surface area contributed by atoms with Crippen LogP contribution in [0.5, 0.6) is 0 Å². The van der Waals surface area contributed by atoms with Crippen LogP contribution in [0.25, 0.3) is 0 Å². The highest BCUT2D eigenvalue weighted by atomic mass is 79.9. The topological polar surface area (TPSA) is 32.5 Å². The molecule has 0 bridgehead atoms. The molecule has 0 aromatic heterocycles. The molecule has 2 saturated heterocycles. The quantitative estimate of drug-likeness (QED) is 0.884. The summed E-state index contributed by atoms with van der Waals surface area (Å²) in [6.45, 7) is 8.02. The van der Waals surface area contributed by atoms with E-state index >= 15 is 0 Å². The van der Waals surface area contributed by atoms with Crippen molar-refractivity contribution in [1.29, 1.82) is 0 Å². The molecule has 21 heavy (non-hydrogen) atoms. The van der Waals surface area contributed by atoms with Gasteiger partial charge >= 0.3 is 0 Å². The Kier molecular flexibility index (Phi) is 4.57. The molecule has 0 aliphatic carbocycles. The molecule has 0 radical (unpaired) electrons. The van der Waals surface area contributed by atoms with Crippen LogP contribution in [0.4, 0.5) is 5.69 Å². The first-order valence-corrected chi connectivity index (χ1v) is 8.91. The lowest BCUT2D eigenvalue weighted by atomic mass is 9.95. The number of halogens is 1. The molecule has 1 aromatic rings. The van der Waals surface area contributed by atoms with E-state index in [0.717, 1.165) is 17.1 Å². The number of nitrogens with two attached hydrogens (primary N) is 1. The maximum Gasteiger partial charge on any atom is 0.0418 e. The number of nitrogens with zero attached hydrogens (tertiary/aromatic N) is 2. The minimum Gasteiger partial charge on any atom is -0.366 e. The lowest BCUT2D eigenvalue weighted by Crippen LogP contribution is -2.59. The van der Waals surface area contributed by atoms with Crippen LogP contribution in [0, 0.1) is 0 Å². The van der Waals surface area contributed by atoms with Crippen molar-refractivity contribution in [2.24, 2.45) is 5.73 Å². The zero-order valence-corrected chi connectivity index (χ0v) is 14.6. The van der Waals surface area contributed by atoms with E-state index in [1.54, 1.807) is 0 Å². The summed E-state index contributed by atoms with van der Waals surface area (Å²) in [6, 6.07) is 7.89. The lowest BCUT2D eigenvalue weighted by molar-refractivity contribution is 0.115. The average Bonchev–Trinajstić information content (AvgIpc) is 2.46. The minimum atomic E-state index is 0.0640. The summed E-state index contributed by atoms with van der Waals surface area (Å²) < 4.78 is 1.11. The van der Waals surface area contributed by atoms with E-state index in [0.29, 0.717) is 6.04 Å². The van der Waals surface area contributed by atoms with Crippen molar-refractivity contribution in [3.8, 4) is 0 Å². The van der Waals surface area contributed by atoms with Gasteiger partial charge in [-0.2, -0.15) is 0 Å². The summed E-state index contributed by atoms with van der Waals surface area (Å²) in [5, 5.41) is 0. The van der Waals surface area contributed by atoms with Gasteiger partial charge in [-0.05, 0) is 57.0 Å². The summed E-state index contributed by atoms with van der Waals surface area (Å²) >= 11 is 3.58. The van der Waals surface area contributed by atoms with E-state index < -0.39 is 0 Å². The minimum absolute atomic E-state index is 0.0640. The number of piperidine rings is 1. The Morgan fingerprint density at radius 1 is 1.29 bits per heavy atom. The van der Waals surface area contributed by atoms with Crippen LogP contribution in [-0.2, 0) is 0 Å². The lowest BCUT2D eigenvalue weighted by Gasteiger charge is -2.49. The zero-order chi connectivity index (χ0) is 15.0. The van der Waals surface area contributed by atoms with E-state index in [9.17, 15) is 0 Å². The van der Waals surface area contributed by atoms with Crippen molar-refractivity contribution < 1.29 is 0 Å². The van der Waals surface area contributed by atoms with Gasteiger partial charge in [0, 0.05) is 41.4 Å². The van der Waals surface area contributed by atoms with Gasteiger partial charge in [0.25, 0.3) is 0 Å². The maximum atomic E-state index is 6.21. The fourth-order valence-electron chi connectivity index (χ4n) is 3.84. The SMILES string of the molecule is CC(N)c1cc(Br)ccc1N1CC2CCCCN2CC1C. The Bertz CT molecular complexity index is 503. The monoisotopic (exact) mass is 351 g/mol. The van der Waals surface area contributed by atoms with Crippen molar-refractivity contribution in [3.63, 3.8) is 0 Å². The molecule has 3 unspecified atom stereocenters. The van der Waals surface area contributed by atoms with Crippen LogP contribution >= 0.6 is 15.9 Å². The molecule has 1 aromatic carbocycles. The Morgan fingerprint density at radius 2 is 2.10 bits per heavy atom. The first-order valence-electron chi connectivity index (χ1n) is 8.12. The second kappa shape index (κ2) is 6.27. The molecule has 3 atom stereocenters. The predicted octanol–water partition coefficient (Wildman–Crippen LogP) is 3.53. The molecule has 2 heterocycles. The molecule has 3 nitrogen and oxygen atoms in total. The van der Waals surface area contributed by atoms with Gasteiger partial charge < -0.3 is 10.6 Å². The van der Waals surface area contributed by atoms with Crippen LogP contribution in [-0.4, -0.2) is 36.6 Å². The number of benzene rings is 1. The van der Waals surface area contributed by atoms with Gasteiger partial charge in [-0.3, -0.25) is 4.90 Å². The van der Waals surface area contributed by atoms with Gasteiger partial charge in [-0.1, -0.05) is 22.4 Å². The van der Waals surface area contributed by atoms with Gasteiger partial charge in [0.15, 0.2) is 0 Å². The van der Waals surface area contributed by atoms with Crippen LogP contribution < -0.4 is 10.6 Å². The maximum absolute atomic E-state index is 6.21. The smallest absolute Gasteiger partial charge is 0.0418 e. The van der Waals surface area contributed by atoms with Gasteiger partial charge in [-0.25, -0.2) is 0 Å². The Morgan fingerprint density at radius 3 is 2.86 bits per heavy atom. The first-order chi connectivity index (χ1) is 10.1. The molecule has 0 amide bonds. The highest BCUT2D eigenvalue weighted by Crippen LogP contribution is 2.33. The first kappa shape index (κ1) is 15.3. The summed E-state index contributed by atoms with van der Waals surface area (Å²) in [5.74, 6) is 0. The molecular weight excluding hydrogens is 326 g/mol. The third-order valence-corrected chi connectivity index (χ3v) is 5.47. The molecule has 0 spiro atoms. The zero-order valence-electron chi connectivity index (χ0n) is 13.1. The van der Waals surface area contributed by atoms with E-state index in [-0.39, 0.29) is 6.04 Å². The average molecular weight is 352 g/mol. The largest absolute Gasteiger partial charge is 0.366 e. The second-order valence-electron chi connectivity index (χ2n) is 6.64. The second-order valence-corrected chi connectivity index (χ2v) is 7.55. The fourth-order valence-corrected chi connectivity index (χ4v) is 4.22. The summed E-state index contributed by atoms with van der Waals surface area (Å²) in [4.78, 5) is 5.27. The van der Waals surface area contributed by atoms with Crippen molar-refractivity contribution in [1.82, 2.24) is 4.90 Å². The van der Waals surface area contributed by atoms with Crippen molar-refractivity contribution >= 4 is 21.6 Å². The number of hydrogen-bond acceptors (Lipinski definition) is 3. The van der Waals surface area contributed by atoms with E-state index in [4.69, 9.17) is 5.73 Å². The molecular formula is C17H26BrN3. The molecule has 0 saturated carbocycles. The number of hydrogen-bond donors (Lipinski definition) is 1. The van der Waals surface area contributed by atoms with Crippen molar-refractivity contribution in [3.05, 3.63) is 28.2 Å². The third kappa shape index (κ3) is 3.13. The Balaban J connectivity index is 1.89. The fraction of sp³-hybridized carbons (Fsp3) is 0.647. The third-order valence-electron chi connectivity index (χ3n) is 4.98. The number of rotatable bonds is 2. The van der Waals surface area contributed by atoms with Gasteiger partial charge in [0.05, 0.1) is 0 Å².